The number of nitriles is 1. The normalized spacial score (nSPS) is 14.1. The molecule has 0 aliphatic carbocycles. The van der Waals surface area contributed by atoms with E-state index in [9.17, 15) is 0 Å². The lowest BCUT2D eigenvalue weighted by molar-refractivity contribution is 0.864. The molecule has 4 nitrogen and oxygen atoms in total. The van der Waals surface area contributed by atoms with Gasteiger partial charge in [-0.1, -0.05) is 19.2 Å². The Morgan fingerprint density at radius 1 is 1.50 bits per heavy atom. The fraction of sp³-hybridized carbons (Fsp3) is 0. The molecule has 0 saturated carbocycles. The Kier molecular flexibility index (Phi) is 2.44. The first kappa shape index (κ1) is 9.99. The summed E-state index contributed by atoms with van der Waals surface area (Å²) >= 11 is 0. The number of aromatic nitrogens is 1. The average molecular weight is 210 g/mol. The van der Waals surface area contributed by atoms with Crippen molar-refractivity contribution >= 4 is 11.9 Å². The minimum Gasteiger partial charge on any atom is -0.292 e. The van der Waals surface area contributed by atoms with Gasteiger partial charge < -0.3 is 0 Å². The van der Waals surface area contributed by atoms with Gasteiger partial charge in [0.15, 0.2) is 5.82 Å². The standard InChI is InChI=1S/C12H10N4/c1-3-10-4-5-12(14-7-10)16-8-11(6-13)9(2)15-16/h3-5,7-8,15H,1-2H2. The summed E-state index contributed by atoms with van der Waals surface area (Å²) in [7, 11) is 0. The van der Waals surface area contributed by atoms with Crippen LogP contribution in [0.15, 0.2) is 49.0 Å². The predicted molar refractivity (Wildman–Crippen MR) is 62.8 cm³/mol. The van der Waals surface area contributed by atoms with Crippen molar-refractivity contribution in [2.45, 2.75) is 0 Å². The van der Waals surface area contributed by atoms with Gasteiger partial charge in [0.1, 0.15) is 6.07 Å². The first-order valence-electron chi connectivity index (χ1n) is 4.70. The van der Waals surface area contributed by atoms with Gasteiger partial charge in [-0.2, -0.15) is 5.26 Å². The summed E-state index contributed by atoms with van der Waals surface area (Å²) in [5.41, 5.74) is 4.98. The molecule has 0 bridgehead atoms. The highest BCUT2D eigenvalue weighted by Crippen LogP contribution is 2.19. The number of pyridine rings is 1. The molecule has 4 heteroatoms. The van der Waals surface area contributed by atoms with Gasteiger partial charge >= 0.3 is 0 Å². The molecule has 2 heterocycles. The van der Waals surface area contributed by atoms with Crippen LogP contribution in [0, 0.1) is 11.3 Å². The zero-order valence-electron chi connectivity index (χ0n) is 8.64. The summed E-state index contributed by atoms with van der Waals surface area (Å²) in [6.45, 7) is 7.39. The zero-order valence-corrected chi connectivity index (χ0v) is 8.64. The van der Waals surface area contributed by atoms with Crippen LogP contribution in [-0.2, 0) is 0 Å². The van der Waals surface area contributed by atoms with Crippen LogP contribution in [-0.4, -0.2) is 4.98 Å². The Hall–Kier alpha value is -2.54. The van der Waals surface area contributed by atoms with Crippen LogP contribution in [0.3, 0.4) is 0 Å². The predicted octanol–water partition coefficient (Wildman–Crippen LogP) is 1.97. The molecule has 2 rings (SSSR count). The quantitative estimate of drug-likeness (QED) is 0.810. The lowest BCUT2D eigenvalue weighted by Crippen LogP contribution is -2.27. The van der Waals surface area contributed by atoms with Crippen molar-refractivity contribution in [1.82, 2.24) is 10.4 Å². The van der Waals surface area contributed by atoms with Crippen molar-refractivity contribution in [2.75, 3.05) is 5.01 Å². The highest BCUT2D eigenvalue weighted by molar-refractivity contribution is 5.56. The lowest BCUT2D eigenvalue weighted by atomic mass is 10.3. The van der Waals surface area contributed by atoms with Gasteiger partial charge in [0.25, 0.3) is 0 Å². The fourth-order valence-electron chi connectivity index (χ4n) is 1.33. The van der Waals surface area contributed by atoms with E-state index in [1.807, 2.05) is 18.2 Å². The second kappa shape index (κ2) is 3.91. The molecule has 0 saturated heterocycles. The van der Waals surface area contributed by atoms with E-state index in [4.69, 9.17) is 5.26 Å². The molecule has 1 N–H and O–H groups in total. The molecule has 0 aromatic carbocycles. The van der Waals surface area contributed by atoms with Crippen LogP contribution in [0.1, 0.15) is 5.56 Å². The first-order valence-corrected chi connectivity index (χ1v) is 4.70. The first-order chi connectivity index (χ1) is 7.74. The third-order valence-electron chi connectivity index (χ3n) is 2.21. The summed E-state index contributed by atoms with van der Waals surface area (Å²) in [4.78, 5) is 4.23. The zero-order chi connectivity index (χ0) is 11.5. The molecule has 0 amide bonds. The van der Waals surface area contributed by atoms with Crippen molar-refractivity contribution in [1.29, 1.82) is 5.26 Å². The van der Waals surface area contributed by atoms with Gasteiger partial charge in [-0.05, 0) is 17.7 Å². The number of hydrogen-bond donors (Lipinski definition) is 1. The molecule has 1 aromatic heterocycles. The van der Waals surface area contributed by atoms with Crippen LogP contribution >= 0.6 is 0 Å². The molecular weight excluding hydrogens is 200 g/mol. The summed E-state index contributed by atoms with van der Waals surface area (Å²) < 4.78 is 0. The van der Waals surface area contributed by atoms with Crippen molar-refractivity contribution in [3.63, 3.8) is 0 Å². The van der Waals surface area contributed by atoms with Gasteiger partial charge in [0.2, 0.25) is 0 Å². The summed E-state index contributed by atoms with van der Waals surface area (Å²) in [6.07, 6.45) is 5.10. The summed E-state index contributed by atoms with van der Waals surface area (Å²) in [6, 6.07) is 5.79. The monoisotopic (exact) mass is 210 g/mol. The summed E-state index contributed by atoms with van der Waals surface area (Å²) in [5.74, 6) is 0.706. The van der Waals surface area contributed by atoms with E-state index in [1.165, 1.54) is 0 Å². The maximum absolute atomic E-state index is 8.80. The van der Waals surface area contributed by atoms with E-state index in [0.717, 1.165) is 5.56 Å². The minimum atomic E-state index is 0.509. The molecule has 78 valence electrons. The molecule has 16 heavy (non-hydrogen) atoms. The molecule has 1 aromatic rings. The van der Waals surface area contributed by atoms with E-state index in [1.54, 1.807) is 23.5 Å². The molecule has 0 spiro atoms. The van der Waals surface area contributed by atoms with E-state index >= 15 is 0 Å². The van der Waals surface area contributed by atoms with Gasteiger partial charge in [-0.25, -0.2) is 9.99 Å². The number of allylic oxidation sites excluding steroid dienone is 1. The van der Waals surface area contributed by atoms with Crippen LogP contribution in [0.5, 0.6) is 0 Å². The van der Waals surface area contributed by atoms with Gasteiger partial charge in [0.05, 0.1) is 11.3 Å². The Bertz CT molecular complexity index is 505. The van der Waals surface area contributed by atoms with Crippen LogP contribution in [0.25, 0.3) is 6.08 Å². The van der Waals surface area contributed by atoms with Crippen molar-refractivity contribution in [3.8, 4) is 6.07 Å². The molecule has 1 aliphatic heterocycles. The number of rotatable bonds is 2. The average Bonchev–Trinajstić information content (AvgIpc) is 2.71. The number of nitrogens with one attached hydrogen (secondary N) is 1. The Labute approximate surface area is 93.8 Å². The number of anilines is 1. The van der Waals surface area contributed by atoms with Crippen molar-refractivity contribution in [2.24, 2.45) is 0 Å². The van der Waals surface area contributed by atoms with Crippen LogP contribution < -0.4 is 10.4 Å². The molecule has 1 aliphatic rings. The number of nitrogens with zero attached hydrogens (tertiary/aromatic N) is 3. The van der Waals surface area contributed by atoms with E-state index in [-0.39, 0.29) is 0 Å². The maximum Gasteiger partial charge on any atom is 0.151 e. The smallest absolute Gasteiger partial charge is 0.151 e. The molecular formula is C12H10N4. The molecule has 0 unspecified atom stereocenters. The van der Waals surface area contributed by atoms with Gasteiger partial charge in [-0.15, -0.1) is 0 Å². The number of hydrogen-bond acceptors (Lipinski definition) is 4. The Morgan fingerprint density at radius 2 is 2.31 bits per heavy atom. The highest BCUT2D eigenvalue weighted by atomic mass is 15.5. The van der Waals surface area contributed by atoms with Gasteiger partial charge in [-0.3, -0.25) is 5.43 Å². The third kappa shape index (κ3) is 1.66. The SMILES string of the molecule is C=Cc1ccc(N2C=C(C#N)C(=C)N2)nc1. The van der Waals surface area contributed by atoms with Crippen molar-refractivity contribution < 1.29 is 0 Å². The lowest BCUT2D eigenvalue weighted by Gasteiger charge is -2.15. The number of hydrazine groups is 1. The van der Waals surface area contributed by atoms with E-state index in [2.05, 4.69) is 23.6 Å². The second-order valence-electron chi connectivity index (χ2n) is 3.27. The largest absolute Gasteiger partial charge is 0.292 e. The molecule has 0 atom stereocenters. The van der Waals surface area contributed by atoms with Crippen LogP contribution in [0.2, 0.25) is 0 Å². The highest BCUT2D eigenvalue weighted by Gasteiger charge is 2.17. The maximum atomic E-state index is 8.80. The minimum absolute atomic E-state index is 0.509. The fourth-order valence-corrected chi connectivity index (χ4v) is 1.33. The summed E-state index contributed by atoms with van der Waals surface area (Å²) in [5, 5.41) is 10.5. The molecule has 0 radical (unpaired) electrons. The van der Waals surface area contributed by atoms with Gasteiger partial charge in [0, 0.05) is 12.4 Å². The van der Waals surface area contributed by atoms with Crippen LogP contribution in [0.4, 0.5) is 5.82 Å². The van der Waals surface area contributed by atoms with E-state index in [0.29, 0.717) is 17.1 Å². The molecule has 0 fully saturated rings. The topological polar surface area (TPSA) is 52.0 Å². The Balaban J connectivity index is 2.27. The van der Waals surface area contributed by atoms with E-state index < -0.39 is 0 Å². The Morgan fingerprint density at radius 3 is 2.81 bits per heavy atom. The second-order valence-corrected chi connectivity index (χ2v) is 3.27. The van der Waals surface area contributed by atoms with Crippen molar-refractivity contribution in [3.05, 3.63) is 54.5 Å². The third-order valence-corrected chi connectivity index (χ3v) is 2.21.